The van der Waals surface area contributed by atoms with E-state index >= 15 is 0 Å². The van der Waals surface area contributed by atoms with E-state index < -0.39 is 44.3 Å². The zero-order valence-corrected chi connectivity index (χ0v) is 30.2. The van der Waals surface area contributed by atoms with E-state index in [1.807, 2.05) is 0 Å². The quantitative estimate of drug-likeness (QED) is 0.184. The van der Waals surface area contributed by atoms with E-state index in [-0.39, 0.29) is 60.6 Å². The van der Waals surface area contributed by atoms with Crippen molar-refractivity contribution in [3.63, 3.8) is 0 Å². The topological polar surface area (TPSA) is 154 Å². The Morgan fingerprint density at radius 1 is 1.10 bits per heavy atom. The molecule has 278 valence electrons. The third-order valence-electron chi connectivity index (χ3n) is 8.91. The van der Waals surface area contributed by atoms with E-state index in [9.17, 15) is 31.2 Å². The number of alkyl halides is 3. The van der Waals surface area contributed by atoms with Crippen molar-refractivity contribution in [1.82, 2.24) is 33.4 Å². The molecule has 1 saturated carbocycles. The van der Waals surface area contributed by atoms with E-state index in [4.69, 9.17) is 9.84 Å². The van der Waals surface area contributed by atoms with Crippen LogP contribution in [0.2, 0.25) is 0 Å². The summed E-state index contributed by atoms with van der Waals surface area (Å²) in [5.41, 5.74) is -0.668. The van der Waals surface area contributed by atoms with E-state index in [0.29, 0.717) is 16.8 Å². The number of hydrogen-bond acceptors (Lipinski definition) is 8. The fourth-order valence-corrected chi connectivity index (χ4v) is 7.94. The molecule has 4 aromatic rings. The number of carboxylic acid groups (broad SMARTS) is 1. The zero-order chi connectivity index (χ0) is 37.8. The molecule has 1 unspecified atom stereocenters. The van der Waals surface area contributed by atoms with E-state index in [1.54, 1.807) is 61.8 Å². The monoisotopic (exact) mass is 743 g/mol. The summed E-state index contributed by atoms with van der Waals surface area (Å²) >= 11 is 0. The smallest absolute Gasteiger partial charge is 0.435 e. The number of fused-ring (bicyclic) bond motifs is 1. The van der Waals surface area contributed by atoms with Crippen molar-refractivity contribution in [3.05, 3.63) is 72.1 Å². The third kappa shape index (κ3) is 7.36. The van der Waals surface area contributed by atoms with Gasteiger partial charge in [0.1, 0.15) is 10.3 Å². The summed E-state index contributed by atoms with van der Waals surface area (Å²) in [6.45, 7) is 6.97. The highest BCUT2D eigenvalue weighted by Crippen LogP contribution is 2.42. The normalized spacial score (nSPS) is 18.1. The molecular formula is C35H40F3N7O6S. The molecule has 1 amide bonds. The van der Waals surface area contributed by atoms with Gasteiger partial charge in [-0.15, -0.1) is 0 Å². The molecular weight excluding hydrogens is 703 g/mol. The maximum atomic E-state index is 14.7. The third-order valence-corrected chi connectivity index (χ3v) is 11.2. The Bertz CT molecular complexity index is 2210. The minimum atomic E-state index is -4.89. The average molecular weight is 744 g/mol. The van der Waals surface area contributed by atoms with Crippen molar-refractivity contribution < 1.29 is 41.0 Å². The number of rotatable bonds is 11. The van der Waals surface area contributed by atoms with Crippen LogP contribution in [0, 0.1) is 0 Å². The molecule has 0 bridgehead atoms. The highest BCUT2D eigenvalue weighted by molar-refractivity contribution is 7.91. The number of halogens is 3. The van der Waals surface area contributed by atoms with Crippen LogP contribution in [0.25, 0.3) is 27.7 Å². The molecule has 0 radical (unpaired) electrons. The second-order valence-corrected chi connectivity index (χ2v) is 16.7. The van der Waals surface area contributed by atoms with Crippen LogP contribution in [-0.4, -0.2) is 75.4 Å². The Labute approximate surface area is 298 Å². The van der Waals surface area contributed by atoms with Gasteiger partial charge in [0.05, 0.1) is 12.2 Å². The first-order valence-electron chi connectivity index (χ1n) is 16.8. The highest BCUT2D eigenvalue weighted by atomic mass is 32.2. The summed E-state index contributed by atoms with van der Waals surface area (Å²) in [5.74, 6) is -1.09. The van der Waals surface area contributed by atoms with Gasteiger partial charge in [0.25, 0.3) is 0 Å². The van der Waals surface area contributed by atoms with Gasteiger partial charge in [-0.05, 0) is 71.1 Å². The Balaban J connectivity index is 1.39. The van der Waals surface area contributed by atoms with Crippen molar-refractivity contribution in [2.75, 3.05) is 0 Å². The van der Waals surface area contributed by atoms with Crippen LogP contribution in [0.15, 0.2) is 55.1 Å². The molecule has 6 rings (SSSR count). The number of aromatic nitrogens is 6. The van der Waals surface area contributed by atoms with E-state index in [2.05, 4.69) is 15.2 Å². The summed E-state index contributed by atoms with van der Waals surface area (Å²) in [4.78, 5) is 30.1. The Hall–Kier alpha value is -4.93. The number of pyridine rings is 1. The van der Waals surface area contributed by atoms with Crippen LogP contribution in [0.4, 0.5) is 18.0 Å². The zero-order valence-electron chi connectivity index (χ0n) is 29.4. The van der Waals surface area contributed by atoms with Crippen molar-refractivity contribution >= 4 is 38.7 Å². The summed E-state index contributed by atoms with van der Waals surface area (Å²) < 4.78 is 79.9. The van der Waals surface area contributed by atoms with Gasteiger partial charge < -0.3 is 9.84 Å². The average Bonchev–Trinajstić information content (AvgIpc) is 3.48. The number of allylic oxidation sites excluding steroid dienone is 3. The molecule has 1 N–H and O–H groups in total. The highest BCUT2D eigenvalue weighted by Gasteiger charge is 2.43. The number of amides is 1. The molecule has 52 heavy (non-hydrogen) atoms. The molecule has 0 saturated heterocycles. The Kier molecular flexibility index (Phi) is 9.38. The molecule has 2 aliphatic carbocycles. The lowest BCUT2D eigenvalue weighted by Crippen LogP contribution is -2.39. The van der Waals surface area contributed by atoms with Gasteiger partial charge in [0.15, 0.2) is 11.3 Å². The van der Waals surface area contributed by atoms with Crippen molar-refractivity contribution in [1.29, 1.82) is 0 Å². The second-order valence-electron chi connectivity index (χ2n) is 14.4. The first-order chi connectivity index (χ1) is 24.3. The van der Waals surface area contributed by atoms with Crippen LogP contribution in [0.1, 0.15) is 76.8 Å². The molecule has 17 heteroatoms. The van der Waals surface area contributed by atoms with Gasteiger partial charge in [-0.1, -0.05) is 18.2 Å². The minimum absolute atomic E-state index is 0.00431. The van der Waals surface area contributed by atoms with Gasteiger partial charge in [-0.25, -0.2) is 22.2 Å². The lowest BCUT2D eigenvalue weighted by atomic mass is 9.93. The van der Waals surface area contributed by atoms with Crippen molar-refractivity contribution in [2.45, 2.75) is 95.5 Å². The molecule has 0 spiro atoms. The van der Waals surface area contributed by atoms with Gasteiger partial charge in [-0.2, -0.15) is 23.4 Å². The first-order valence-corrected chi connectivity index (χ1v) is 18.2. The number of nitrogens with zero attached hydrogens (tertiary/aromatic N) is 7. The number of hydrogen-bond donors (Lipinski definition) is 1. The molecule has 0 aromatic carbocycles. The summed E-state index contributed by atoms with van der Waals surface area (Å²) in [5, 5.41) is 17.5. The molecule has 1 atom stereocenters. The first kappa shape index (κ1) is 36.8. The maximum Gasteiger partial charge on any atom is 0.435 e. The van der Waals surface area contributed by atoms with Crippen LogP contribution in [0.3, 0.4) is 0 Å². The number of carbonyl (C=O) groups is 2. The van der Waals surface area contributed by atoms with Gasteiger partial charge in [0.2, 0.25) is 10.0 Å². The van der Waals surface area contributed by atoms with Crippen molar-refractivity contribution in [2.24, 2.45) is 7.05 Å². The number of aryl methyl sites for hydroxylation is 2. The van der Waals surface area contributed by atoms with Gasteiger partial charge >= 0.3 is 18.2 Å². The second kappa shape index (κ2) is 13.2. The number of carboxylic acids is 1. The molecule has 1 fully saturated rings. The Morgan fingerprint density at radius 3 is 2.48 bits per heavy atom. The van der Waals surface area contributed by atoms with Crippen LogP contribution >= 0.6 is 0 Å². The molecule has 0 aliphatic heterocycles. The van der Waals surface area contributed by atoms with Crippen LogP contribution in [0.5, 0.6) is 0 Å². The van der Waals surface area contributed by atoms with Crippen LogP contribution < -0.4 is 0 Å². The largest absolute Gasteiger partial charge is 0.481 e. The molecule has 2 aliphatic rings. The van der Waals surface area contributed by atoms with Gasteiger partial charge in [-0.3, -0.25) is 19.1 Å². The molecule has 4 heterocycles. The number of carbonyl (C=O) groups excluding carboxylic acids is 1. The number of aliphatic carboxylic acids is 1. The minimum Gasteiger partial charge on any atom is -0.481 e. The van der Waals surface area contributed by atoms with E-state index in [0.717, 1.165) is 33.9 Å². The lowest BCUT2D eigenvalue weighted by Gasteiger charge is -2.29. The molecule has 13 nitrogen and oxygen atoms in total. The fourth-order valence-electron chi connectivity index (χ4n) is 6.29. The SMILES string of the molecule is Cn1cc(C2=CC(C)(S(=O)(=O)n3cc(-c4cn(CCCC(=O)O)nc4C(F)(F)F)c4cccnc43)CC=C2)c(CN(C(=O)OC(C)(C)C)C2CC2)n1. The van der Waals surface area contributed by atoms with E-state index in [1.165, 1.54) is 25.3 Å². The summed E-state index contributed by atoms with van der Waals surface area (Å²) in [6.07, 6.45) is 6.67. The predicted molar refractivity (Wildman–Crippen MR) is 185 cm³/mol. The lowest BCUT2D eigenvalue weighted by molar-refractivity contribution is -0.141. The van der Waals surface area contributed by atoms with Crippen LogP contribution in [-0.2, 0) is 45.9 Å². The summed E-state index contributed by atoms with van der Waals surface area (Å²) in [7, 11) is -2.68. The van der Waals surface area contributed by atoms with Crippen molar-refractivity contribution in [3.8, 4) is 11.1 Å². The number of ether oxygens (including phenoxy) is 1. The maximum absolute atomic E-state index is 14.7. The Morgan fingerprint density at radius 2 is 1.83 bits per heavy atom. The fraction of sp³-hybridized carbons (Fsp3) is 0.457. The summed E-state index contributed by atoms with van der Waals surface area (Å²) in [6, 6.07) is 3.00. The predicted octanol–water partition coefficient (Wildman–Crippen LogP) is 6.40. The molecule has 4 aromatic heterocycles. The standard InChI is InChI=1S/C35H40F3N7O6S/c1-33(2,3)51-32(48)44(23-12-13-23)21-28-25(18-42(5)40-28)22-9-6-14-34(4,17-22)52(49,50)45-20-26(24-10-7-15-39-31(24)45)27-19-43(16-8-11-29(46)47)41-30(27)35(36,37)38/h6-7,9-10,15,17-20,23H,8,11-14,16,21H2,1-5H3,(H,46,47). The van der Waals surface area contributed by atoms with Gasteiger partial charge in [0, 0.05) is 72.9 Å².